The van der Waals surface area contributed by atoms with Gasteiger partial charge in [-0.05, 0) is 6.92 Å². The number of anilines is 3. The number of nitrogens with one attached hydrogen (secondary N) is 1. The molecule has 2 rings (SSSR count). The van der Waals surface area contributed by atoms with Crippen LogP contribution in [0.15, 0.2) is 12.1 Å². The SMILES string of the molecule is COc1cc(Nc2nc(C)nc(N)n2)cc(OC)c1OC. The van der Waals surface area contributed by atoms with Gasteiger partial charge in [-0.15, -0.1) is 0 Å². The zero-order valence-corrected chi connectivity index (χ0v) is 12.3. The van der Waals surface area contributed by atoms with Crippen LogP contribution in [0.25, 0.3) is 0 Å². The molecule has 0 amide bonds. The molecule has 0 atom stereocenters. The summed E-state index contributed by atoms with van der Waals surface area (Å²) in [5.41, 5.74) is 6.27. The van der Waals surface area contributed by atoms with Gasteiger partial charge in [0.15, 0.2) is 11.5 Å². The van der Waals surface area contributed by atoms with Gasteiger partial charge in [0.2, 0.25) is 17.6 Å². The summed E-state index contributed by atoms with van der Waals surface area (Å²) in [7, 11) is 4.64. The average molecular weight is 291 g/mol. The number of rotatable bonds is 5. The Bertz CT molecular complexity index is 602. The third-order valence-corrected chi connectivity index (χ3v) is 2.69. The van der Waals surface area contributed by atoms with Crippen molar-refractivity contribution in [3.63, 3.8) is 0 Å². The Morgan fingerprint density at radius 3 is 2.05 bits per heavy atom. The number of nitrogens with zero attached hydrogens (tertiary/aromatic N) is 3. The van der Waals surface area contributed by atoms with Gasteiger partial charge in [-0.2, -0.15) is 15.0 Å². The summed E-state index contributed by atoms with van der Waals surface area (Å²) in [5, 5.41) is 3.03. The fourth-order valence-electron chi connectivity index (χ4n) is 1.84. The Labute approximate surface area is 122 Å². The van der Waals surface area contributed by atoms with Gasteiger partial charge in [-0.3, -0.25) is 0 Å². The Morgan fingerprint density at radius 1 is 0.952 bits per heavy atom. The standard InChI is InChI=1S/C13H17N5O3/c1-7-15-12(14)18-13(16-7)17-8-5-9(19-2)11(21-4)10(6-8)20-3/h5-6H,1-4H3,(H3,14,15,16,17,18). The van der Waals surface area contributed by atoms with Crippen molar-refractivity contribution in [2.75, 3.05) is 32.4 Å². The number of aromatic nitrogens is 3. The molecule has 3 N–H and O–H groups in total. The highest BCUT2D eigenvalue weighted by Crippen LogP contribution is 2.40. The van der Waals surface area contributed by atoms with Crippen LogP contribution in [0.5, 0.6) is 17.2 Å². The number of methoxy groups -OCH3 is 3. The van der Waals surface area contributed by atoms with E-state index in [0.29, 0.717) is 34.7 Å². The summed E-state index contributed by atoms with van der Waals surface area (Å²) in [6.07, 6.45) is 0. The molecule has 0 aliphatic rings. The van der Waals surface area contributed by atoms with Gasteiger partial charge in [0.1, 0.15) is 5.82 Å². The lowest BCUT2D eigenvalue weighted by atomic mass is 10.2. The molecule has 1 heterocycles. The average Bonchev–Trinajstić information content (AvgIpc) is 2.45. The summed E-state index contributed by atoms with van der Waals surface area (Å²) < 4.78 is 15.8. The minimum atomic E-state index is 0.150. The quantitative estimate of drug-likeness (QED) is 0.854. The summed E-state index contributed by atoms with van der Waals surface area (Å²) in [5.74, 6) is 2.58. The molecule has 1 aromatic carbocycles. The number of aryl methyl sites for hydroxylation is 1. The van der Waals surface area contributed by atoms with E-state index in [-0.39, 0.29) is 5.95 Å². The van der Waals surface area contributed by atoms with Crippen molar-refractivity contribution in [2.24, 2.45) is 0 Å². The zero-order chi connectivity index (χ0) is 15.4. The minimum Gasteiger partial charge on any atom is -0.493 e. The highest BCUT2D eigenvalue weighted by atomic mass is 16.5. The van der Waals surface area contributed by atoms with E-state index in [9.17, 15) is 0 Å². The summed E-state index contributed by atoms with van der Waals surface area (Å²) >= 11 is 0. The molecule has 0 aliphatic heterocycles. The maximum atomic E-state index is 5.60. The van der Waals surface area contributed by atoms with Crippen LogP contribution < -0.4 is 25.3 Å². The van der Waals surface area contributed by atoms with E-state index in [2.05, 4.69) is 20.3 Å². The van der Waals surface area contributed by atoms with Crippen molar-refractivity contribution in [2.45, 2.75) is 6.92 Å². The van der Waals surface area contributed by atoms with E-state index in [1.165, 1.54) is 0 Å². The first-order valence-corrected chi connectivity index (χ1v) is 6.12. The van der Waals surface area contributed by atoms with E-state index in [4.69, 9.17) is 19.9 Å². The van der Waals surface area contributed by atoms with E-state index >= 15 is 0 Å². The number of benzene rings is 1. The maximum Gasteiger partial charge on any atom is 0.232 e. The van der Waals surface area contributed by atoms with Crippen molar-refractivity contribution in [1.82, 2.24) is 15.0 Å². The monoisotopic (exact) mass is 291 g/mol. The fourth-order valence-corrected chi connectivity index (χ4v) is 1.84. The Hall–Kier alpha value is -2.77. The molecule has 0 saturated heterocycles. The van der Waals surface area contributed by atoms with E-state index in [0.717, 1.165) is 0 Å². The largest absolute Gasteiger partial charge is 0.493 e. The number of hydrogen-bond donors (Lipinski definition) is 2. The first kappa shape index (κ1) is 14.6. The fraction of sp³-hybridized carbons (Fsp3) is 0.308. The molecule has 0 bridgehead atoms. The predicted molar refractivity (Wildman–Crippen MR) is 78.4 cm³/mol. The normalized spacial score (nSPS) is 10.1. The van der Waals surface area contributed by atoms with Crippen molar-refractivity contribution < 1.29 is 14.2 Å². The summed E-state index contributed by atoms with van der Waals surface area (Å²) in [6.45, 7) is 1.73. The van der Waals surface area contributed by atoms with Crippen molar-refractivity contribution in [1.29, 1.82) is 0 Å². The summed E-state index contributed by atoms with van der Waals surface area (Å²) in [6, 6.07) is 3.49. The molecular weight excluding hydrogens is 274 g/mol. The van der Waals surface area contributed by atoms with Crippen molar-refractivity contribution in [3.05, 3.63) is 18.0 Å². The zero-order valence-electron chi connectivity index (χ0n) is 12.3. The lowest BCUT2D eigenvalue weighted by Gasteiger charge is -2.14. The molecule has 0 aliphatic carbocycles. The Balaban J connectivity index is 2.40. The van der Waals surface area contributed by atoms with Crippen molar-refractivity contribution >= 4 is 17.6 Å². The first-order valence-electron chi connectivity index (χ1n) is 6.12. The molecule has 1 aromatic heterocycles. The highest BCUT2D eigenvalue weighted by Gasteiger charge is 2.14. The second-order valence-corrected chi connectivity index (χ2v) is 4.10. The molecule has 112 valence electrons. The summed E-state index contributed by atoms with van der Waals surface area (Å²) in [4.78, 5) is 12.1. The van der Waals surface area contributed by atoms with Crippen LogP contribution in [0, 0.1) is 6.92 Å². The van der Waals surface area contributed by atoms with Gasteiger partial charge in [0, 0.05) is 17.8 Å². The molecule has 0 unspecified atom stereocenters. The van der Waals surface area contributed by atoms with Crippen LogP contribution in [0.2, 0.25) is 0 Å². The Kier molecular flexibility index (Phi) is 4.27. The first-order chi connectivity index (χ1) is 10.1. The van der Waals surface area contributed by atoms with Crippen LogP contribution >= 0.6 is 0 Å². The molecular formula is C13H17N5O3. The lowest BCUT2D eigenvalue weighted by molar-refractivity contribution is 0.324. The topological polar surface area (TPSA) is 104 Å². The second-order valence-electron chi connectivity index (χ2n) is 4.10. The van der Waals surface area contributed by atoms with Crippen molar-refractivity contribution in [3.8, 4) is 17.2 Å². The van der Waals surface area contributed by atoms with Gasteiger partial charge in [-0.25, -0.2) is 0 Å². The van der Waals surface area contributed by atoms with Gasteiger partial charge in [-0.1, -0.05) is 0 Å². The number of nitrogens with two attached hydrogens (primary N) is 1. The molecule has 8 nitrogen and oxygen atoms in total. The Morgan fingerprint density at radius 2 is 1.57 bits per heavy atom. The molecule has 2 aromatic rings. The van der Waals surface area contributed by atoms with Crippen LogP contribution in [0.4, 0.5) is 17.6 Å². The van der Waals surface area contributed by atoms with Crippen LogP contribution in [0.1, 0.15) is 5.82 Å². The molecule has 0 spiro atoms. The smallest absolute Gasteiger partial charge is 0.232 e. The number of ether oxygens (including phenoxy) is 3. The van der Waals surface area contributed by atoms with Crippen LogP contribution in [-0.4, -0.2) is 36.3 Å². The highest BCUT2D eigenvalue weighted by molar-refractivity contribution is 5.65. The second kappa shape index (κ2) is 6.12. The van der Waals surface area contributed by atoms with Crippen LogP contribution in [-0.2, 0) is 0 Å². The predicted octanol–water partition coefficient (Wildman–Crippen LogP) is 1.53. The van der Waals surface area contributed by atoms with Gasteiger partial charge >= 0.3 is 0 Å². The molecule has 0 fully saturated rings. The van der Waals surface area contributed by atoms with Gasteiger partial charge < -0.3 is 25.3 Å². The number of nitrogen functional groups attached to an aromatic ring is 1. The minimum absolute atomic E-state index is 0.150. The lowest BCUT2D eigenvalue weighted by Crippen LogP contribution is -2.05. The third-order valence-electron chi connectivity index (χ3n) is 2.69. The van der Waals surface area contributed by atoms with E-state index in [1.54, 1.807) is 40.4 Å². The van der Waals surface area contributed by atoms with Gasteiger partial charge in [0.25, 0.3) is 0 Å². The van der Waals surface area contributed by atoms with Gasteiger partial charge in [0.05, 0.1) is 21.3 Å². The molecule has 0 radical (unpaired) electrons. The molecule has 21 heavy (non-hydrogen) atoms. The third kappa shape index (κ3) is 3.22. The van der Waals surface area contributed by atoms with E-state index in [1.807, 2.05) is 0 Å². The molecule has 8 heteroatoms. The molecule has 0 saturated carbocycles. The van der Waals surface area contributed by atoms with Crippen LogP contribution in [0.3, 0.4) is 0 Å². The van der Waals surface area contributed by atoms with E-state index < -0.39 is 0 Å². The maximum absolute atomic E-state index is 5.60. The number of hydrogen-bond acceptors (Lipinski definition) is 8.